The lowest BCUT2D eigenvalue weighted by molar-refractivity contribution is -0.678. The van der Waals surface area contributed by atoms with E-state index < -0.39 is 0 Å². The standard InChI is InChI=1S/C14H15ClNO2/c1-17-13-7-8-16(11-15)9-14(13)18-10-12-5-3-2-4-6-12/h2-9H,10-11H2,1H3/q+1. The van der Waals surface area contributed by atoms with E-state index in [0.29, 0.717) is 24.1 Å². The first-order chi connectivity index (χ1) is 8.83. The Bertz CT molecular complexity index is 502. The SMILES string of the molecule is COc1cc[n+](CCl)cc1OCc1ccccc1. The molecule has 2 aromatic rings. The molecule has 0 radical (unpaired) electrons. The number of pyridine rings is 1. The largest absolute Gasteiger partial charge is 0.492 e. The first kappa shape index (κ1) is 12.7. The minimum Gasteiger partial charge on any atom is -0.492 e. The molecule has 1 heterocycles. The molecule has 1 aromatic heterocycles. The quantitative estimate of drug-likeness (QED) is 0.612. The average molecular weight is 265 g/mol. The smallest absolute Gasteiger partial charge is 0.226 e. The first-order valence-corrected chi connectivity index (χ1v) is 6.16. The predicted molar refractivity (Wildman–Crippen MR) is 69.8 cm³/mol. The molecule has 0 N–H and O–H groups in total. The summed E-state index contributed by atoms with van der Waals surface area (Å²) in [4.78, 5) is 0. The zero-order chi connectivity index (χ0) is 12.8. The molecule has 0 bridgehead atoms. The van der Waals surface area contributed by atoms with Gasteiger partial charge in [0.2, 0.25) is 18.0 Å². The molecule has 3 nitrogen and oxygen atoms in total. The number of halogens is 1. The van der Waals surface area contributed by atoms with E-state index in [4.69, 9.17) is 21.1 Å². The summed E-state index contributed by atoms with van der Waals surface area (Å²) in [5.41, 5.74) is 1.11. The number of nitrogens with zero attached hydrogens (tertiary/aromatic N) is 1. The van der Waals surface area contributed by atoms with Gasteiger partial charge in [-0.05, 0) is 5.56 Å². The van der Waals surface area contributed by atoms with Gasteiger partial charge < -0.3 is 9.47 Å². The fourth-order valence-electron chi connectivity index (χ4n) is 1.59. The molecule has 94 valence electrons. The molecule has 4 heteroatoms. The second-order valence-electron chi connectivity index (χ2n) is 3.79. The van der Waals surface area contributed by atoms with Crippen LogP contribution in [-0.4, -0.2) is 7.11 Å². The summed E-state index contributed by atoms with van der Waals surface area (Å²) in [7, 11) is 1.62. The molecule has 0 aliphatic carbocycles. The molecule has 0 aliphatic heterocycles. The Labute approximate surface area is 112 Å². The van der Waals surface area contributed by atoms with Crippen LogP contribution in [0, 0.1) is 0 Å². The number of hydrogen-bond donors (Lipinski definition) is 0. The van der Waals surface area contributed by atoms with Gasteiger partial charge >= 0.3 is 0 Å². The van der Waals surface area contributed by atoms with Gasteiger partial charge in [0.15, 0.2) is 11.9 Å². The van der Waals surface area contributed by atoms with Crippen molar-refractivity contribution in [3.05, 3.63) is 54.4 Å². The van der Waals surface area contributed by atoms with E-state index in [1.807, 2.05) is 53.4 Å². The molecule has 0 unspecified atom stereocenters. The zero-order valence-electron chi connectivity index (χ0n) is 10.2. The highest BCUT2D eigenvalue weighted by atomic mass is 35.5. The number of rotatable bonds is 5. The van der Waals surface area contributed by atoms with Crippen molar-refractivity contribution >= 4 is 11.6 Å². The van der Waals surface area contributed by atoms with Crippen LogP contribution in [0.3, 0.4) is 0 Å². The van der Waals surface area contributed by atoms with Crippen molar-refractivity contribution in [2.45, 2.75) is 12.6 Å². The average Bonchev–Trinajstić information content (AvgIpc) is 2.45. The number of alkyl halides is 1. The number of methoxy groups -OCH3 is 1. The summed E-state index contributed by atoms with van der Waals surface area (Å²) in [6.45, 7) is 0.503. The molecule has 0 saturated heterocycles. The van der Waals surface area contributed by atoms with Crippen molar-refractivity contribution in [3.63, 3.8) is 0 Å². The summed E-state index contributed by atoms with van der Waals surface area (Å²) in [5.74, 6) is 1.39. The van der Waals surface area contributed by atoms with E-state index in [2.05, 4.69) is 0 Å². The fourth-order valence-corrected chi connectivity index (χ4v) is 1.74. The van der Waals surface area contributed by atoms with Gasteiger partial charge in [-0.25, -0.2) is 0 Å². The molecule has 18 heavy (non-hydrogen) atoms. The van der Waals surface area contributed by atoms with Crippen molar-refractivity contribution in [1.29, 1.82) is 0 Å². The van der Waals surface area contributed by atoms with Crippen LogP contribution in [-0.2, 0) is 12.6 Å². The Morgan fingerprint density at radius 3 is 2.56 bits per heavy atom. The predicted octanol–water partition coefficient (Wildman–Crippen LogP) is 2.76. The molecule has 0 fully saturated rings. The van der Waals surface area contributed by atoms with Gasteiger partial charge in [0.05, 0.1) is 7.11 Å². The lowest BCUT2D eigenvalue weighted by Gasteiger charge is -2.08. The van der Waals surface area contributed by atoms with Crippen LogP contribution in [0.4, 0.5) is 0 Å². The van der Waals surface area contributed by atoms with Crippen molar-refractivity contribution in [2.75, 3.05) is 7.11 Å². The Morgan fingerprint density at radius 2 is 1.89 bits per heavy atom. The van der Waals surface area contributed by atoms with Crippen molar-refractivity contribution in [3.8, 4) is 11.5 Å². The third-order valence-electron chi connectivity index (χ3n) is 2.54. The lowest BCUT2D eigenvalue weighted by Crippen LogP contribution is -2.30. The van der Waals surface area contributed by atoms with Crippen molar-refractivity contribution in [1.82, 2.24) is 0 Å². The van der Waals surface area contributed by atoms with Crippen LogP contribution in [0.1, 0.15) is 5.56 Å². The second kappa shape index (κ2) is 6.26. The fraction of sp³-hybridized carbons (Fsp3) is 0.214. The number of aromatic nitrogens is 1. The maximum Gasteiger partial charge on any atom is 0.226 e. The summed E-state index contributed by atoms with van der Waals surface area (Å²) in [6.07, 6.45) is 3.68. The van der Waals surface area contributed by atoms with E-state index in [0.717, 1.165) is 5.56 Å². The normalized spacial score (nSPS) is 10.1. The third-order valence-corrected chi connectivity index (χ3v) is 2.81. The summed E-state index contributed by atoms with van der Waals surface area (Å²) >= 11 is 5.78. The molecule has 0 spiro atoms. The molecule has 2 rings (SSSR count). The van der Waals surface area contributed by atoms with Gasteiger partial charge in [-0.1, -0.05) is 41.9 Å². The van der Waals surface area contributed by atoms with Crippen LogP contribution in [0.2, 0.25) is 0 Å². The second-order valence-corrected chi connectivity index (χ2v) is 4.02. The molecule has 0 amide bonds. The monoisotopic (exact) mass is 264 g/mol. The topological polar surface area (TPSA) is 22.3 Å². The summed E-state index contributed by atoms with van der Waals surface area (Å²) < 4.78 is 12.8. The van der Waals surface area contributed by atoms with Gasteiger partial charge in [-0.15, -0.1) is 0 Å². The van der Waals surface area contributed by atoms with E-state index >= 15 is 0 Å². The molecule has 1 aromatic carbocycles. The van der Waals surface area contributed by atoms with Gasteiger partial charge in [0, 0.05) is 6.07 Å². The van der Waals surface area contributed by atoms with E-state index in [9.17, 15) is 0 Å². The zero-order valence-corrected chi connectivity index (χ0v) is 10.9. The van der Waals surface area contributed by atoms with Gasteiger partial charge in [0.1, 0.15) is 6.61 Å². The highest BCUT2D eigenvalue weighted by Crippen LogP contribution is 2.24. The van der Waals surface area contributed by atoms with Crippen LogP contribution in [0.5, 0.6) is 11.5 Å². The Kier molecular flexibility index (Phi) is 4.42. The van der Waals surface area contributed by atoms with E-state index in [1.165, 1.54) is 0 Å². The third kappa shape index (κ3) is 3.14. The van der Waals surface area contributed by atoms with Crippen molar-refractivity contribution < 1.29 is 14.0 Å². The van der Waals surface area contributed by atoms with Gasteiger partial charge in [0.25, 0.3) is 0 Å². The molecule has 0 aliphatic rings. The van der Waals surface area contributed by atoms with Gasteiger partial charge in [-0.3, -0.25) is 0 Å². The van der Waals surface area contributed by atoms with Crippen LogP contribution in [0.15, 0.2) is 48.8 Å². The van der Waals surface area contributed by atoms with Crippen LogP contribution in [0.25, 0.3) is 0 Å². The van der Waals surface area contributed by atoms with Crippen LogP contribution >= 0.6 is 11.6 Å². The number of ether oxygens (including phenoxy) is 2. The minimum absolute atomic E-state index is 0.381. The first-order valence-electron chi connectivity index (χ1n) is 5.63. The van der Waals surface area contributed by atoms with E-state index in [1.54, 1.807) is 7.11 Å². The van der Waals surface area contributed by atoms with Crippen LogP contribution < -0.4 is 14.0 Å². The molecule has 0 saturated carbocycles. The Hall–Kier alpha value is -1.74. The maximum atomic E-state index is 5.78. The maximum absolute atomic E-state index is 5.78. The minimum atomic E-state index is 0.381. The van der Waals surface area contributed by atoms with Crippen molar-refractivity contribution in [2.24, 2.45) is 0 Å². The highest BCUT2D eigenvalue weighted by Gasteiger charge is 2.10. The Balaban J connectivity index is 2.12. The Morgan fingerprint density at radius 1 is 1.11 bits per heavy atom. The number of hydrogen-bond acceptors (Lipinski definition) is 2. The molecule has 0 atom stereocenters. The van der Waals surface area contributed by atoms with E-state index in [-0.39, 0.29) is 0 Å². The molecular formula is C14H15ClNO2+. The highest BCUT2D eigenvalue weighted by molar-refractivity contribution is 6.14. The number of benzene rings is 1. The summed E-state index contributed by atoms with van der Waals surface area (Å²) in [6, 6.07) is 12.2. The molecular weight excluding hydrogens is 250 g/mol. The van der Waals surface area contributed by atoms with Gasteiger partial charge in [-0.2, -0.15) is 4.57 Å². The lowest BCUT2D eigenvalue weighted by atomic mass is 10.2. The summed E-state index contributed by atoms with van der Waals surface area (Å²) in [5, 5.41) is 0.